The van der Waals surface area contributed by atoms with E-state index in [0.717, 1.165) is 99.7 Å². The van der Waals surface area contributed by atoms with Gasteiger partial charge in [0, 0.05) is 106 Å². The van der Waals surface area contributed by atoms with Crippen LogP contribution >= 0.6 is 0 Å². The van der Waals surface area contributed by atoms with Crippen LogP contribution in [0.3, 0.4) is 0 Å². The number of halogens is 2. The fourth-order valence-electron chi connectivity index (χ4n) is 14.9. The molecule has 0 fully saturated rings. The maximum atomic E-state index is 16.7. The van der Waals surface area contributed by atoms with Crippen LogP contribution in [0.25, 0.3) is 203 Å². The third-order valence-corrected chi connectivity index (χ3v) is 20.3. The molecule has 0 saturated heterocycles. The summed E-state index contributed by atoms with van der Waals surface area (Å²) in [6.07, 6.45) is 0. The number of benzene rings is 14. The van der Waals surface area contributed by atoms with E-state index in [-0.39, 0.29) is 5.56 Å². The first-order valence-electron chi connectivity index (χ1n) is 37.0. The Labute approximate surface area is 646 Å². The largest absolute Gasteiger partial charge is 0.309 e. The molecule has 0 amide bonds. The third kappa shape index (κ3) is 12.7. The number of hydrogen-bond acceptors (Lipinski definition) is 12. The van der Waals surface area contributed by atoms with E-state index >= 15 is 8.78 Å². The van der Waals surface area contributed by atoms with Gasteiger partial charge in [-0.05, 0) is 66.6 Å². The molecular weight excluding hydrogens is 1400 g/mol. The first-order valence-corrected chi connectivity index (χ1v) is 37.0. The zero-order valence-corrected chi connectivity index (χ0v) is 60.4. The molecule has 0 unspecified atom stereocenters. The van der Waals surface area contributed by atoms with Crippen molar-refractivity contribution in [3.63, 3.8) is 0 Å². The zero-order chi connectivity index (χ0) is 75.5. The van der Waals surface area contributed by atoms with Crippen LogP contribution in [0, 0.1) is 18.6 Å². The van der Waals surface area contributed by atoms with Crippen molar-refractivity contribution in [2.24, 2.45) is 0 Å². The van der Waals surface area contributed by atoms with Crippen LogP contribution in [0.2, 0.25) is 0 Å². The second kappa shape index (κ2) is 28.3. The zero-order valence-electron chi connectivity index (χ0n) is 60.4. The lowest BCUT2D eigenvalue weighted by atomic mass is 9.99. The van der Waals surface area contributed by atoms with Gasteiger partial charge in [0.2, 0.25) is 0 Å². The van der Waals surface area contributed by atoms with Gasteiger partial charge in [-0.2, -0.15) is 0 Å². The highest BCUT2D eigenvalue weighted by molar-refractivity contribution is 6.13. The summed E-state index contributed by atoms with van der Waals surface area (Å²) in [5, 5.41) is 3.55. The van der Waals surface area contributed by atoms with Crippen LogP contribution < -0.4 is 0 Å². The maximum Gasteiger partial charge on any atom is 0.164 e. The summed E-state index contributed by atoms with van der Waals surface area (Å²) in [6.45, 7) is 2.07. The topological polar surface area (TPSA) is 165 Å². The van der Waals surface area contributed by atoms with Gasteiger partial charge in [-0.15, -0.1) is 0 Å². The van der Waals surface area contributed by atoms with Gasteiger partial charge in [0.15, 0.2) is 69.9 Å². The minimum absolute atomic E-state index is 0.275. The molecule has 14 aromatic carbocycles. The molecule has 0 atom stereocenters. The van der Waals surface area contributed by atoms with E-state index < -0.39 is 11.6 Å². The van der Waals surface area contributed by atoms with Crippen LogP contribution in [-0.2, 0) is 0 Å². The van der Waals surface area contributed by atoms with Crippen molar-refractivity contribution in [2.75, 3.05) is 0 Å². The molecule has 0 aliphatic carbocycles. The van der Waals surface area contributed by atoms with E-state index in [0.29, 0.717) is 109 Å². The molecule has 6 heterocycles. The normalized spacial score (nSPS) is 11.5. The molecule has 20 rings (SSSR count). The van der Waals surface area contributed by atoms with Crippen LogP contribution in [0.15, 0.2) is 346 Å². The van der Waals surface area contributed by atoms with Crippen molar-refractivity contribution in [3.05, 3.63) is 363 Å². The predicted octanol–water partition coefficient (Wildman–Crippen LogP) is 22.9. The van der Waals surface area contributed by atoms with E-state index in [1.54, 1.807) is 0 Å². The molecule has 0 aliphatic heterocycles. The Kier molecular flexibility index (Phi) is 16.8. The number of fused-ring (bicyclic) bond motifs is 6. The van der Waals surface area contributed by atoms with Gasteiger partial charge in [0.25, 0.3) is 0 Å². The minimum atomic E-state index is -0.758. The summed E-state index contributed by atoms with van der Waals surface area (Å²) in [4.78, 5) is 62.1. The van der Waals surface area contributed by atoms with Crippen molar-refractivity contribution in [2.45, 2.75) is 6.92 Å². The fourth-order valence-corrected chi connectivity index (χ4v) is 14.9. The Morgan fingerprint density at radius 3 is 0.611 bits per heavy atom. The summed E-state index contributed by atoms with van der Waals surface area (Å²) in [5.74, 6) is 4.27. The highest BCUT2D eigenvalue weighted by Gasteiger charge is 2.27. The smallest absolute Gasteiger partial charge is 0.164 e. The molecular formula is C97H60F2N14. The molecule has 20 aromatic rings. The molecule has 0 saturated carbocycles. The Morgan fingerprint density at radius 1 is 0.186 bits per heavy atom. The number of hydrogen-bond donors (Lipinski definition) is 0. The predicted molar refractivity (Wildman–Crippen MR) is 444 cm³/mol. The molecule has 16 heteroatoms. The Morgan fingerprint density at radius 2 is 0.389 bits per heavy atom. The van der Waals surface area contributed by atoms with Crippen LogP contribution in [0.1, 0.15) is 5.56 Å². The van der Waals surface area contributed by atoms with Crippen LogP contribution in [0.4, 0.5) is 8.78 Å². The van der Waals surface area contributed by atoms with Gasteiger partial charge in [-0.1, -0.05) is 291 Å². The van der Waals surface area contributed by atoms with Crippen molar-refractivity contribution < 1.29 is 8.78 Å². The number of rotatable bonds is 15. The molecule has 532 valence electrons. The second-order valence-corrected chi connectivity index (χ2v) is 27.6. The van der Waals surface area contributed by atoms with Crippen LogP contribution in [0.5, 0.6) is 0 Å². The molecule has 0 bridgehead atoms. The van der Waals surface area contributed by atoms with E-state index in [1.807, 2.05) is 261 Å². The van der Waals surface area contributed by atoms with Crippen molar-refractivity contribution in [3.8, 4) is 159 Å². The molecule has 0 N–H and O–H groups in total. The summed E-state index contributed by atoms with van der Waals surface area (Å²) >= 11 is 0. The van der Waals surface area contributed by atoms with Gasteiger partial charge >= 0.3 is 0 Å². The molecule has 0 radical (unpaired) electrons. The minimum Gasteiger partial charge on any atom is -0.309 e. The Balaban J connectivity index is 0.866. The first-order chi connectivity index (χ1) is 55.7. The van der Waals surface area contributed by atoms with E-state index in [4.69, 9.17) is 59.8 Å². The summed E-state index contributed by atoms with van der Waals surface area (Å²) < 4.78 is 37.8. The number of nitrogens with zero attached hydrogens (tertiary/aromatic N) is 14. The fraction of sp³-hybridized carbons (Fsp3) is 0.0103. The average molecular weight is 1460 g/mol. The maximum absolute atomic E-state index is 16.7. The van der Waals surface area contributed by atoms with E-state index in [9.17, 15) is 0 Å². The monoisotopic (exact) mass is 1460 g/mol. The van der Waals surface area contributed by atoms with Crippen LogP contribution in [-0.4, -0.2) is 68.9 Å². The van der Waals surface area contributed by atoms with Crippen molar-refractivity contribution >= 4 is 43.6 Å². The summed E-state index contributed by atoms with van der Waals surface area (Å²) in [6, 6.07) is 112. The standard InChI is InChI=1S/C97H60F2N14/c1-59-50-81(113-84-55-70(96-108-90(64-34-18-6-19-35-64)102-91(109-96)65-36-20-7-21-37-65)44-48-77(84)78-49-45-71(56-85(78)113)97-110-92(66-38-22-8-23-39-66)103-93(111-97)67-40-24-9-25-41-67)79(72-51-73(98)57-74(99)52-72)58-80(59)112-82-53-68(94-104-86(60-26-10-2-11-27-60)100-87(105-94)61-28-12-3-13-29-61)42-46-75(82)76-47-43-69(54-83(76)112)95-106-88(62-30-14-4-15-31-62)101-89(107-95)63-32-16-5-17-33-63/h2-58H,1H3. The molecule has 0 spiro atoms. The van der Waals surface area contributed by atoms with Gasteiger partial charge < -0.3 is 9.13 Å². The van der Waals surface area contributed by atoms with Gasteiger partial charge in [-0.25, -0.2) is 68.6 Å². The Bertz CT molecular complexity index is 6440. The quantitative estimate of drug-likeness (QED) is 0.0955. The first kappa shape index (κ1) is 67.0. The van der Waals surface area contributed by atoms with E-state index in [1.165, 1.54) is 12.1 Å². The van der Waals surface area contributed by atoms with Crippen molar-refractivity contribution in [1.82, 2.24) is 68.9 Å². The lowest BCUT2D eigenvalue weighted by molar-refractivity contribution is 0.584. The van der Waals surface area contributed by atoms with Gasteiger partial charge in [0.1, 0.15) is 11.6 Å². The summed E-state index contributed by atoms with van der Waals surface area (Å²) in [5.41, 5.74) is 15.3. The SMILES string of the molecule is Cc1cc(-n2c3cc(-c4nc(-c5ccccc5)nc(-c5ccccc5)n4)ccc3c3ccc(-c4nc(-c5ccccc5)nc(-c5ccccc5)n4)cc32)c(-c2cc(F)cc(F)c2)cc1-n1c2cc(-c3nc(-c4ccccc4)nc(-c4ccccc4)n3)ccc2c2ccc(-c3nc(-c4ccccc4)nc(-c4ccccc4)n3)cc21. The van der Waals surface area contributed by atoms with Gasteiger partial charge in [-0.3, -0.25) is 0 Å². The third-order valence-electron chi connectivity index (χ3n) is 20.3. The molecule has 6 aromatic heterocycles. The lowest BCUT2D eigenvalue weighted by Crippen LogP contribution is -2.05. The van der Waals surface area contributed by atoms with E-state index in [2.05, 4.69) is 82.8 Å². The highest BCUT2D eigenvalue weighted by atomic mass is 19.1. The van der Waals surface area contributed by atoms with Crippen molar-refractivity contribution in [1.29, 1.82) is 0 Å². The second-order valence-electron chi connectivity index (χ2n) is 27.6. The number of aromatic nitrogens is 14. The highest BCUT2D eigenvalue weighted by Crippen LogP contribution is 2.45. The number of aryl methyl sites for hydroxylation is 1. The Hall–Kier alpha value is -15.4. The summed E-state index contributed by atoms with van der Waals surface area (Å²) in [7, 11) is 0. The average Bonchev–Trinajstić information content (AvgIpc) is 1.58. The lowest BCUT2D eigenvalue weighted by Gasteiger charge is -2.20. The van der Waals surface area contributed by atoms with Gasteiger partial charge in [0.05, 0.1) is 27.8 Å². The molecule has 0 aliphatic rings. The molecule has 113 heavy (non-hydrogen) atoms. The molecule has 14 nitrogen and oxygen atoms in total.